The van der Waals surface area contributed by atoms with Crippen LogP contribution in [0.4, 0.5) is 0 Å². The van der Waals surface area contributed by atoms with Gasteiger partial charge in [0.15, 0.2) is 0 Å². The second-order valence-corrected chi connectivity index (χ2v) is 7.69. The van der Waals surface area contributed by atoms with Crippen molar-refractivity contribution in [3.05, 3.63) is 11.6 Å². The van der Waals surface area contributed by atoms with Crippen molar-refractivity contribution in [3.8, 4) is 0 Å². The van der Waals surface area contributed by atoms with E-state index in [-0.39, 0.29) is 12.7 Å². The first-order chi connectivity index (χ1) is 10.4. The lowest BCUT2D eigenvalue weighted by Crippen LogP contribution is -2.11. The molecule has 2 N–H and O–H groups in total. The lowest BCUT2D eigenvalue weighted by atomic mass is 9.91. The third-order valence-corrected chi connectivity index (χ3v) is 4.74. The van der Waals surface area contributed by atoms with E-state index < -0.39 is 0 Å². The van der Waals surface area contributed by atoms with Gasteiger partial charge >= 0.3 is 0 Å². The molecule has 0 aliphatic heterocycles. The largest absolute Gasteiger partial charge is 0.392 e. The molecule has 0 aliphatic carbocycles. The Morgan fingerprint density at radius 2 is 1.32 bits per heavy atom. The molecule has 0 aliphatic rings. The molecule has 0 spiro atoms. The molecule has 132 valence electrons. The van der Waals surface area contributed by atoms with Crippen LogP contribution in [0.2, 0.25) is 0 Å². The summed E-state index contributed by atoms with van der Waals surface area (Å²) in [5.41, 5.74) is 0.897. The van der Waals surface area contributed by atoms with E-state index in [1.807, 2.05) is 6.92 Å². The van der Waals surface area contributed by atoms with Crippen LogP contribution in [0.15, 0.2) is 11.6 Å². The summed E-state index contributed by atoms with van der Waals surface area (Å²) in [6.45, 7) is 11.2. The van der Waals surface area contributed by atoms with Crippen LogP contribution in [-0.2, 0) is 0 Å². The normalized spacial score (nSPS) is 16.8. The molecule has 0 heterocycles. The fourth-order valence-corrected chi connectivity index (χ4v) is 2.93. The molecule has 2 heteroatoms. The van der Waals surface area contributed by atoms with E-state index in [0.717, 1.165) is 30.3 Å². The Morgan fingerprint density at radius 1 is 0.818 bits per heavy atom. The first-order valence-corrected chi connectivity index (χ1v) is 9.32. The van der Waals surface area contributed by atoms with Gasteiger partial charge in [-0.15, -0.1) is 0 Å². The van der Waals surface area contributed by atoms with Crippen LogP contribution in [0.3, 0.4) is 0 Å². The molecule has 0 amide bonds. The molecule has 0 aromatic heterocycles. The molecular formula is C20H40O2. The van der Waals surface area contributed by atoms with E-state index in [0.29, 0.717) is 5.92 Å². The van der Waals surface area contributed by atoms with Crippen LogP contribution in [0, 0.1) is 17.8 Å². The van der Waals surface area contributed by atoms with E-state index in [1.165, 1.54) is 38.5 Å². The summed E-state index contributed by atoms with van der Waals surface area (Å²) < 4.78 is 0. The van der Waals surface area contributed by atoms with Crippen LogP contribution in [0.25, 0.3) is 0 Å². The van der Waals surface area contributed by atoms with E-state index in [9.17, 15) is 5.11 Å². The molecule has 0 saturated heterocycles. The number of aliphatic hydroxyl groups excluding tert-OH is 2. The molecule has 0 saturated carbocycles. The van der Waals surface area contributed by atoms with Crippen LogP contribution >= 0.6 is 0 Å². The zero-order valence-electron chi connectivity index (χ0n) is 15.6. The second kappa shape index (κ2) is 13.1. The standard InChI is InChI=1S/C20H40O2/c1-16(2)8-6-9-17(3)10-7-11-18(4)12-13-20(22)19(5)14-15-21/h14,16-18,20-22H,6-13,15H2,1-5H3/b19-14+. The Kier molecular flexibility index (Phi) is 12.9. The summed E-state index contributed by atoms with van der Waals surface area (Å²) in [4.78, 5) is 0. The predicted octanol–water partition coefficient (Wildman–Crippen LogP) is 5.33. The Hall–Kier alpha value is -0.340. The fourth-order valence-electron chi connectivity index (χ4n) is 2.93. The molecule has 0 radical (unpaired) electrons. The van der Waals surface area contributed by atoms with Gasteiger partial charge in [-0.3, -0.25) is 0 Å². The maximum atomic E-state index is 9.97. The Balaban J connectivity index is 3.68. The predicted molar refractivity (Wildman–Crippen MR) is 97.0 cm³/mol. The maximum Gasteiger partial charge on any atom is 0.0748 e. The third kappa shape index (κ3) is 12.2. The summed E-state index contributed by atoms with van der Waals surface area (Å²) in [5.74, 6) is 2.37. The van der Waals surface area contributed by atoms with Crippen molar-refractivity contribution >= 4 is 0 Å². The molecule has 2 nitrogen and oxygen atoms in total. The van der Waals surface area contributed by atoms with Crippen molar-refractivity contribution in [2.75, 3.05) is 6.61 Å². The lowest BCUT2D eigenvalue weighted by molar-refractivity contribution is 0.186. The van der Waals surface area contributed by atoms with Gasteiger partial charge in [-0.25, -0.2) is 0 Å². The first kappa shape index (κ1) is 21.7. The molecule has 0 rings (SSSR count). The first-order valence-electron chi connectivity index (χ1n) is 9.32. The van der Waals surface area contributed by atoms with Gasteiger partial charge in [-0.1, -0.05) is 72.3 Å². The van der Waals surface area contributed by atoms with Gasteiger partial charge in [0.25, 0.3) is 0 Å². The maximum absolute atomic E-state index is 9.97. The van der Waals surface area contributed by atoms with Crippen LogP contribution in [0.5, 0.6) is 0 Å². The van der Waals surface area contributed by atoms with Crippen LogP contribution in [-0.4, -0.2) is 22.9 Å². The summed E-state index contributed by atoms with van der Waals surface area (Å²) in [6.07, 6.45) is 11.2. The molecule has 22 heavy (non-hydrogen) atoms. The summed E-state index contributed by atoms with van der Waals surface area (Å²) in [5, 5.41) is 18.8. The highest BCUT2D eigenvalue weighted by Gasteiger charge is 2.10. The van der Waals surface area contributed by atoms with Gasteiger partial charge in [0.1, 0.15) is 0 Å². The lowest BCUT2D eigenvalue weighted by Gasteiger charge is -2.17. The van der Waals surface area contributed by atoms with Gasteiger partial charge in [-0.05, 0) is 43.1 Å². The van der Waals surface area contributed by atoms with Crippen molar-refractivity contribution in [2.45, 2.75) is 92.1 Å². The van der Waals surface area contributed by atoms with Gasteiger partial charge in [0.2, 0.25) is 0 Å². The quantitative estimate of drug-likeness (QED) is 0.451. The highest BCUT2D eigenvalue weighted by molar-refractivity contribution is 5.04. The molecule has 0 aromatic rings. The highest BCUT2D eigenvalue weighted by atomic mass is 16.3. The van der Waals surface area contributed by atoms with Crippen molar-refractivity contribution in [2.24, 2.45) is 17.8 Å². The minimum Gasteiger partial charge on any atom is -0.392 e. The monoisotopic (exact) mass is 312 g/mol. The molecule has 0 bridgehead atoms. The van der Waals surface area contributed by atoms with Gasteiger partial charge in [0, 0.05) is 0 Å². The number of aliphatic hydroxyl groups is 2. The van der Waals surface area contributed by atoms with Crippen molar-refractivity contribution < 1.29 is 10.2 Å². The van der Waals surface area contributed by atoms with Crippen LogP contribution < -0.4 is 0 Å². The Labute approximate surface area is 139 Å². The molecule has 3 unspecified atom stereocenters. The van der Waals surface area contributed by atoms with Crippen molar-refractivity contribution in [1.29, 1.82) is 0 Å². The Morgan fingerprint density at radius 3 is 1.82 bits per heavy atom. The minimum atomic E-state index is -0.385. The van der Waals surface area contributed by atoms with E-state index in [4.69, 9.17) is 5.11 Å². The van der Waals surface area contributed by atoms with Crippen molar-refractivity contribution in [1.82, 2.24) is 0 Å². The highest BCUT2D eigenvalue weighted by Crippen LogP contribution is 2.22. The molecule has 0 fully saturated rings. The molecule has 3 atom stereocenters. The average molecular weight is 313 g/mol. The third-order valence-electron chi connectivity index (χ3n) is 4.74. The van der Waals surface area contributed by atoms with Crippen LogP contribution in [0.1, 0.15) is 86.0 Å². The topological polar surface area (TPSA) is 40.5 Å². The summed E-state index contributed by atoms with van der Waals surface area (Å²) in [7, 11) is 0. The summed E-state index contributed by atoms with van der Waals surface area (Å²) in [6, 6.07) is 0. The average Bonchev–Trinajstić information content (AvgIpc) is 2.44. The molecule has 0 aromatic carbocycles. The smallest absolute Gasteiger partial charge is 0.0748 e. The second-order valence-electron chi connectivity index (χ2n) is 7.69. The summed E-state index contributed by atoms with van der Waals surface area (Å²) >= 11 is 0. The number of rotatable bonds is 13. The van der Waals surface area contributed by atoms with E-state index in [2.05, 4.69) is 27.7 Å². The van der Waals surface area contributed by atoms with Gasteiger partial charge in [0.05, 0.1) is 12.7 Å². The zero-order chi connectivity index (χ0) is 17.0. The van der Waals surface area contributed by atoms with Gasteiger partial charge < -0.3 is 10.2 Å². The van der Waals surface area contributed by atoms with E-state index in [1.54, 1.807) is 6.08 Å². The van der Waals surface area contributed by atoms with Gasteiger partial charge in [-0.2, -0.15) is 0 Å². The SMILES string of the molecule is C/C(=C\CO)C(O)CCC(C)CCCC(C)CCCC(C)C. The molecular weight excluding hydrogens is 272 g/mol. The van der Waals surface area contributed by atoms with E-state index >= 15 is 0 Å². The fraction of sp³-hybridized carbons (Fsp3) is 0.900. The van der Waals surface area contributed by atoms with Crippen molar-refractivity contribution in [3.63, 3.8) is 0 Å². The number of hydrogen-bond donors (Lipinski definition) is 2. The Bertz CT molecular complexity index is 283. The zero-order valence-corrected chi connectivity index (χ0v) is 15.6. The number of hydrogen-bond acceptors (Lipinski definition) is 2. The minimum absolute atomic E-state index is 0.0210.